The highest BCUT2D eigenvalue weighted by Crippen LogP contribution is 2.15. The molecule has 1 unspecified atom stereocenters. The molecule has 0 N–H and O–H groups in total. The molecule has 6 nitrogen and oxygen atoms in total. The third kappa shape index (κ3) is 62.5. The topological polar surface area (TPSA) is 78.9 Å². The van der Waals surface area contributed by atoms with Crippen molar-refractivity contribution in [2.45, 2.75) is 297 Å². The summed E-state index contributed by atoms with van der Waals surface area (Å²) >= 11 is 0. The Morgan fingerprint density at radius 1 is 0.273 bits per heavy atom. The van der Waals surface area contributed by atoms with Crippen LogP contribution in [0.15, 0.2) is 122 Å². The fourth-order valence-electron chi connectivity index (χ4n) is 8.63. The average Bonchev–Trinajstić information content (AvgIpc) is 3.43. The lowest BCUT2D eigenvalue weighted by Gasteiger charge is -2.18. The van der Waals surface area contributed by atoms with Gasteiger partial charge in [0.15, 0.2) is 6.10 Å². The highest BCUT2D eigenvalue weighted by Gasteiger charge is 2.19. The zero-order chi connectivity index (χ0) is 55.7. The lowest BCUT2D eigenvalue weighted by atomic mass is 10.0. The first-order valence-electron chi connectivity index (χ1n) is 32.0. The molecule has 0 amide bonds. The number of hydrogen-bond acceptors (Lipinski definition) is 6. The molecule has 0 aliphatic heterocycles. The van der Waals surface area contributed by atoms with E-state index in [0.29, 0.717) is 19.3 Å². The SMILES string of the molecule is CC/C=C\C/C=C\C/C=C\C/C=C\C/C=C\CCCC(=O)OC(COC(=O)CCCCCCC/C=C\C/C=C\CCCCC)COC(=O)CCCCCCCCCCCCCC/C=C\C/C=C\C/C=C\CCCCCCC. The molecule has 6 heteroatoms. The van der Waals surface area contributed by atoms with Crippen molar-refractivity contribution >= 4 is 17.9 Å². The van der Waals surface area contributed by atoms with Gasteiger partial charge in [-0.15, -0.1) is 0 Å². The molecule has 0 aromatic rings. The van der Waals surface area contributed by atoms with Crippen LogP contribution in [0.2, 0.25) is 0 Å². The molecule has 0 saturated carbocycles. The zero-order valence-corrected chi connectivity index (χ0v) is 50.2. The molecule has 0 aromatic heterocycles. The van der Waals surface area contributed by atoms with Gasteiger partial charge in [-0.2, -0.15) is 0 Å². The van der Waals surface area contributed by atoms with Crippen molar-refractivity contribution in [1.82, 2.24) is 0 Å². The van der Waals surface area contributed by atoms with Crippen molar-refractivity contribution in [3.63, 3.8) is 0 Å². The Hall–Kier alpha value is -4.19. The molecular formula is C71H118O6. The van der Waals surface area contributed by atoms with Gasteiger partial charge < -0.3 is 14.2 Å². The van der Waals surface area contributed by atoms with Crippen LogP contribution in [0, 0.1) is 0 Å². The number of carbonyl (C=O) groups is 3. The van der Waals surface area contributed by atoms with Gasteiger partial charge in [0.2, 0.25) is 0 Å². The van der Waals surface area contributed by atoms with Gasteiger partial charge in [-0.1, -0.05) is 264 Å². The fourth-order valence-corrected chi connectivity index (χ4v) is 8.63. The van der Waals surface area contributed by atoms with Crippen LogP contribution in [0.1, 0.15) is 290 Å². The first-order chi connectivity index (χ1) is 38.0. The van der Waals surface area contributed by atoms with Gasteiger partial charge in [0.25, 0.3) is 0 Å². The third-order valence-electron chi connectivity index (χ3n) is 13.4. The van der Waals surface area contributed by atoms with Crippen LogP contribution in [0.3, 0.4) is 0 Å². The maximum atomic E-state index is 12.9. The molecule has 0 aliphatic carbocycles. The van der Waals surface area contributed by atoms with Crippen molar-refractivity contribution in [3.8, 4) is 0 Å². The van der Waals surface area contributed by atoms with E-state index in [9.17, 15) is 14.4 Å². The molecule has 0 saturated heterocycles. The minimum Gasteiger partial charge on any atom is -0.462 e. The maximum absolute atomic E-state index is 12.9. The summed E-state index contributed by atoms with van der Waals surface area (Å²) in [5, 5.41) is 0. The molecule has 0 heterocycles. The van der Waals surface area contributed by atoms with Crippen molar-refractivity contribution in [1.29, 1.82) is 0 Å². The first kappa shape index (κ1) is 72.8. The number of carbonyl (C=O) groups excluding carboxylic acids is 3. The largest absolute Gasteiger partial charge is 0.462 e. The summed E-state index contributed by atoms with van der Waals surface area (Å²) in [4.78, 5) is 38.3. The molecule has 0 bridgehead atoms. The van der Waals surface area contributed by atoms with Crippen LogP contribution in [0.5, 0.6) is 0 Å². The Morgan fingerprint density at radius 2 is 0.519 bits per heavy atom. The standard InChI is InChI=1S/C71H118O6/c1-4-7-10-13-16-19-22-25-28-30-31-32-33-34-35-36-37-38-39-41-43-46-49-52-55-58-61-64-70(73)76-67-68(66-75-69(72)63-60-57-54-51-48-45-42-27-24-21-18-15-12-9-6-3)77-71(74)65-62-59-56-53-50-47-44-40-29-26-23-20-17-14-11-8-5-2/h8,11,17-18,20-22,25-27,29-31,33-34,42,44,47,53,56,68H,4-7,9-10,12-16,19,23-24,28,32,35-41,43,45-46,48-52,54-55,57-67H2,1-3H3/b11-8-,20-17-,21-18-,25-22-,29-26-,31-30-,34-33-,42-27-,47-44-,56-53-. The van der Waals surface area contributed by atoms with Crippen LogP contribution in [0.4, 0.5) is 0 Å². The van der Waals surface area contributed by atoms with E-state index in [0.717, 1.165) is 116 Å². The molecule has 0 aromatic carbocycles. The summed E-state index contributed by atoms with van der Waals surface area (Å²) in [6.07, 6.45) is 89.2. The normalized spacial score (nSPS) is 12.9. The van der Waals surface area contributed by atoms with E-state index < -0.39 is 6.10 Å². The predicted octanol–water partition coefficient (Wildman–Crippen LogP) is 22.0. The molecular weight excluding hydrogens is 949 g/mol. The van der Waals surface area contributed by atoms with E-state index >= 15 is 0 Å². The van der Waals surface area contributed by atoms with Gasteiger partial charge in [0.05, 0.1) is 0 Å². The summed E-state index contributed by atoms with van der Waals surface area (Å²) in [5.41, 5.74) is 0. The van der Waals surface area contributed by atoms with Crippen LogP contribution in [-0.4, -0.2) is 37.2 Å². The van der Waals surface area contributed by atoms with E-state index in [1.165, 1.54) is 128 Å². The number of hydrogen-bond donors (Lipinski definition) is 0. The van der Waals surface area contributed by atoms with E-state index in [2.05, 4.69) is 142 Å². The number of allylic oxidation sites excluding steroid dienone is 20. The summed E-state index contributed by atoms with van der Waals surface area (Å²) < 4.78 is 16.9. The van der Waals surface area contributed by atoms with Crippen molar-refractivity contribution in [3.05, 3.63) is 122 Å². The maximum Gasteiger partial charge on any atom is 0.306 e. The lowest BCUT2D eigenvalue weighted by molar-refractivity contribution is -0.167. The Balaban J connectivity index is 4.39. The molecule has 0 aliphatic rings. The van der Waals surface area contributed by atoms with E-state index in [1.54, 1.807) is 0 Å². The molecule has 438 valence electrons. The smallest absolute Gasteiger partial charge is 0.306 e. The molecule has 77 heavy (non-hydrogen) atoms. The second kappa shape index (κ2) is 64.3. The van der Waals surface area contributed by atoms with Gasteiger partial charge in [-0.05, 0) is 128 Å². The van der Waals surface area contributed by atoms with Gasteiger partial charge in [0, 0.05) is 19.3 Å². The van der Waals surface area contributed by atoms with Crippen LogP contribution in [-0.2, 0) is 28.6 Å². The third-order valence-corrected chi connectivity index (χ3v) is 13.4. The van der Waals surface area contributed by atoms with E-state index in [-0.39, 0.29) is 37.5 Å². The Bertz CT molecular complexity index is 1600. The molecule has 0 fully saturated rings. The summed E-state index contributed by atoms with van der Waals surface area (Å²) in [6, 6.07) is 0. The number of esters is 3. The molecule has 0 rings (SSSR count). The Labute approximate surface area is 475 Å². The van der Waals surface area contributed by atoms with Gasteiger partial charge in [0.1, 0.15) is 13.2 Å². The Morgan fingerprint density at radius 3 is 0.857 bits per heavy atom. The number of rotatable bonds is 57. The highest BCUT2D eigenvalue weighted by molar-refractivity contribution is 5.71. The second-order valence-corrected chi connectivity index (χ2v) is 20.9. The quantitative estimate of drug-likeness (QED) is 0.0261. The average molecular weight is 1070 g/mol. The summed E-state index contributed by atoms with van der Waals surface area (Å²) in [7, 11) is 0. The van der Waals surface area contributed by atoms with E-state index in [4.69, 9.17) is 14.2 Å². The zero-order valence-electron chi connectivity index (χ0n) is 50.2. The Kier molecular flexibility index (Phi) is 60.8. The predicted molar refractivity (Wildman–Crippen MR) is 334 cm³/mol. The summed E-state index contributed by atoms with van der Waals surface area (Å²) in [6.45, 7) is 6.44. The van der Waals surface area contributed by atoms with Crippen molar-refractivity contribution in [2.75, 3.05) is 13.2 Å². The van der Waals surface area contributed by atoms with Crippen LogP contribution in [0.25, 0.3) is 0 Å². The molecule has 0 spiro atoms. The number of unbranched alkanes of at least 4 members (excludes halogenated alkanes) is 26. The highest BCUT2D eigenvalue weighted by atomic mass is 16.6. The number of ether oxygens (including phenoxy) is 3. The summed E-state index contributed by atoms with van der Waals surface area (Å²) in [5.74, 6) is -0.980. The second-order valence-electron chi connectivity index (χ2n) is 20.9. The van der Waals surface area contributed by atoms with Crippen LogP contribution < -0.4 is 0 Å². The van der Waals surface area contributed by atoms with E-state index in [1.807, 2.05) is 0 Å². The molecule has 1 atom stereocenters. The van der Waals surface area contributed by atoms with Crippen molar-refractivity contribution < 1.29 is 28.6 Å². The first-order valence-corrected chi connectivity index (χ1v) is 32.0. The van der Waals surface area contributed by atoms with Crippen molar-refractivity contribution in [2.24, 2.45) is 0 Å². The molecule has 0 radical (unpaired) electrons. The fraction of sp³-hybridized carbons (Fsp3) is 0.676. The van der Waals surface area contributed by atoms with Gasteiger partial charge in [-0.25, -0.2) is 0 Å². The minimum atomic E-state index is -0.819. The van der Waals surface area contributed by atoms with Crippen LogP contribution >= 0.6 is 0 Å². The van der Waals surface area contributed by atoms with Gasteiger partial charge in [-0.3, -0.25) is 14.4 Å². The monoisotopic (exact) mass is 1070 g/mol. The minimum absolute atomic E-state index is 0.108. The van der Waals surface area contributed by atoms with Gasteiger partial charge >= 0.3 is 17.9 Å². The lowest BCUT2D eigenvalue weighted by Crippen LogP contribution is -2.30.